The van der Waals surface area contributed by atoms with E-state index in [1.807, 2.05) is 22.9 Å². The zero-order valence-corrected chi connectivity index (χ0v) is 13.5. The third-order valence-corrected chi connectivity index (χ3v) is 5.22. The second-order valence-corrected chi connectivity index (χ2v) is 6.63. The summed E-state index contributed by atoms with van der Waals surface area (Å²) in [6.07, 6.45) is 3.27. The number of allylic oxidation sites excluding steroid dienone is 1. The number of ketones is 1. The predicted molar refractivity (Wildman–Crippen MR) is 91.4 cm³/mol. The van der Waals surface area contributed by atoms with Gasteiger partial charge in [-0.3, -0.25) is 4.79 Å². The van der Waals surface area contributed by atoms with E-state index in [0.717, 1.165) is 15.6 Å². The van der Waals surface area contributed by atoms with Gasteiger partial charge in [0.2, 0.25) is 6.79 Å². The quantitative estimate of drug-likeness (QED) is 0.518. The molecule has 3 aromatic rings. The summed E-state index contributed by atoms with van der Waals surface area (Å²) in [6, 6.07) is 9.22. The molecule has 0 radical (unpaired) electrons. The molecule has 0 atom stereocenters. The van der Waals surface area contributed by atoms with E-state index in [1.54, 1.807) is 46.9 Å². The number of fused-ring (bicyclic) bond motifs is 1. The van der Waals surface area contributed by atoms with Crippen LogP contribution in [0.3, 0.4) is 0 Å². The molecule has 4 nitrogen and oxygen atoms in total. The van der Waals surface area contributed by atoms with Crippen LogP contribution < -0.4 is 9.47 Å². The normalized spacial score (nSPS) is 12.9. The molecule has 1 aromatic carbocycles. The van der Waals surface area contributed by atoms with E-state index in [1.165, 1.54) is 6.08 Å². The van der Waals surface area contributed by atoms with Crippen LogP contribution in [0.1, 0.15) is 16.1 Å². The summed E-state index contributed by atoms with van der Waals surface area (Å²) in [5.74, 6) is 1.19. The van der Waals surface area contributed by atoms with Crippen LogP contribution in [0.15, 0.2) is 47.2 Å². The molecule has 114 valence electrons. The zero-order valence-electron chi connectivity index (χ0n) is 11.9. The Morgan fingerprint density at radius 2 is 2.09 bits per heavy atom. The zero-order chi connectivity index (χ0) is 15.6. The molecule has 0 N–H and O–H groups in total. The highest BCUT2D eigenvalue weighted by Crippen LogP contribution is 2.33. The van der Waals surface area contributed by atoms with E-state index in [0.29, 0.717) is 17.1 Å². The number of carbonyl (C=O) groups is 1. The Balaban J connectivity index is 1.51. The number of aromatic nitrogens is 1. The lowest BCUT2D eigenvalue weighted by atomic mass is 10.1. The van der Waals surface area contributed by atoms with E-state index >= 15 is 0 Å². The highest BCUT2D eigenvalue weighted by Gasteiger charge is 2.15. The fraction of sp³-hybridized carbons (Fsp3) is 0.0588. The Bertz CT molecular complexity index is 881. The van der Waals surface area contributed by atoms with Crippen LogP contribution >= 0.6 is 22.7 Å². The molecule has 0 bridgehead atoms. The van der Waals surface area contributed by atoms with Crippen molar-refractivity contribution in [1.29, 1.82) is 0 Å². The minimum Gasteiger partial charge on any atom is -0.454 e. The van der Waals surface area contributed by atoms with Crippen molar-refractivity contribution in [3.05, 3.63) is 58.4 Å². The summed E-state index contributed by atoms with van der Waals surface area (Å²) in [5.41, 5.74) is 1.35. The molecule has 0 saturated heterocycles. The molecular formula is C17H11NO3S2. The Hall–Kier alpha value is -2.44. The molecular weight excluding hydrogens is 330 g/mol. The van der Waals surface area contributed by atoms with Crippen LogP contribution in [0.2, 0.25) is 0 Å². The summed E-state index contributed by atoms with van der Waals surface area (Å²) >= 11 is 3.22. The number of benzene rings is 1. The van der Waals surface area contributed by atoms with Crippen molar-refractivity contribution in [1.82, 2.24) is 4.98 Å². The summed E-state index contributed by atoms with van der Waals surface area (Å²) in [7, 11) is 0. The highest BCUT2D eigenvalue weighted by molar-refractivity contribution is 7.20. The van der Waals surface area contributed by atoms with Crippen LogP contribution in [0.25, 0.3) is 16.0 Å². The van der Waals surface area contributed by atoms with Gasteiger partial charge in [-0.05, 0) is 41.8 Å². The largest absolute Gasteiger partial charge is 0.454 e. The first-order valence-electron chi connectivity index (χ1n) is 6.91. The van der Waals surface area contributed by atoms with E-state index in [-0.39, 0.29) is 12.6 Å². The van der Waals surface area contributed by atoms with E-state index in [4.69, 9.17) is 9.47 Å². The van der Waals surface area contributed by atoms with Crippen molar-refractivity contribution in [3.8, 4) is 21.4 Å². The smallest absolute Gasteiger partial charge is 0.231 e. The van der Waals surface area contributed by atoms with Crippen molar-refractivity contribution >= 4 is 34.5 Å². The molecule has 0 fully saturated rings. The molecule has 3 heterocycles. The van der Waals surface area contributed by atoms with Crippen molar-refractivity contribution < 1.29 is 14.3 Å². The maximum Gasteiger partial charge on any atom is 0.231 e. The van der Waals surface area contributed by atoms with Crippen molar-refractivity contribution in [2.45, 2.75) is 0 Å². The molecule has 1 aliphatic heterocycles. The minimum absolute atomic E-state index is 0.0889. The lowest BCUT2D eigenvalue weighted by molar-refractivity contribution is 0.104. The first kappa shape index (κ1) is 14.2. The van der Waals surface area contributed by atoms with Crippen LogP contribution in [-0.4, -0.2) is 17.6 Å². The number of hydrogen-bond donors (Lipinski definition) is 0. The van der Waals surface area contributed by atoms with Gasteiger partial charge in [-0.1, -0.05) is 6.07 Å². The number of hydrogen-bond acceptors (Lipinski definition) is 6. The van der Waals surface area contributed by atoms with E-state index in [2.05, 4.69) is 4.98 Å². The molecule has 0 unspecified atom stereocenters. The van der Waals surface area contributed by atoms with E-state index < -0.39 is 0 Å². The number of thiophene rings is 1. The Kier molecular flexibility index (Phi) is 3.69. The number of carbonyl (C=O) groups excluding carboxylic acids is 1. The van der Waals surface area contributed by atoms with Crippen molar-refractivity contribution in [2.24, 2.45) is 0 Å². The Morgan fingerprint density at radius 3 is 2.96 bits per heavy atom. The molecule has 6 heteroatoms. The van der Waals surface area contributed by atoms with Gasteiger partial charge in [0.05, 0.1) is 10.6 Å². The third kappa shape index (κ3) is 2.91. The summed E-state index contributed by atoms with van der Waals surface area (Å²) in [4.78, 5) is 17.9. The van der Waals surface area contributed by atoms with Gasteiger partial charge >= 0.3 is 0 Å². The van der Waals surface area contributed by atoms with Gasteiger partial charge in [0.25, 0.3) is 0 Å². The average Bonchev–Trinajstić information content (AvgIpc) is 3.32. The van der Waals surface area contributed by atoms with Crippen LogP contribution in [-0.2, 0) is 0 Å². The Morgan fingerprint density at radius 1 is 1.17 bits per heavy atom. The number of nitrogens with zero attached hydrogens (tertiary/aromatic N) is 1. The van der Waals surface area contributed by atoms with Gasteiger partial charge in [-0.2, -0.15) is 0 Å². The van der Waals surface area contributed by atoms with Crippen LogP contribution in [0, 0.1) is 0 Å². The lowest BCUT2D eigenvalue weighted by Crippen LogP contribution is -1.94. The van der Waals surface area contributed by atoms with E-state index in [9.17, 15) is 4.79 Å². The van der Waals surface area contributed by atoms with Gasteiger partial charge in [0.15, 0.2) is 17.3 Å². The maximum atomic E-state index is 12.2. The topological polar surface area (TPSA) is 48.4 Å². The number of rotatable bonds is 4. The fourth-order valence-corrected chi connectivity index (χ4v) is 3.79. The lowest BCUT2D eigenvalue weighted by Gasteiger charge is -1.98. The highest BCUT2D eigenvalue weighted by atomic mass is 32.1. The molecule has 0 aliphatic carbocycles. The maximum absolute atomic E-state index is 12.2. The minimum atomic E-state index is -0.0889. The molecule has 4 rings (SSSR count). The third-order valence-electron chi connectivity index (χ3n) is 3.32. The Labute approximate surface area is 140 Å². The summed E-state index contributed by atoms with van der Waals surface area (Å²) in [6.45, 7) is 0.202. The van der Waals surface area contributed by atoms with Crippen molar-refractivity contribution in [2.75, 3.05) is 6.79 Å². The second kappa shape index (κ2) is 5.98. The summed E-state index contributed by atoms with van der Waals surface area (Å²) < 4.78 is 10.5. The van der Waals surface area contributed by atoms with Gasteiger partial charge in [0.1, 0.15) is 5.01 Å². The fourth-order valence-electron chi connectivity index (χ4n) is 2.18. The van der Waals surface area contributed by atoms with Gasteiger partial charge in [-0.25, -0.2) is 4.98 Å². The summed E-state index contributed by atoms with van der Waals surface area (Å²) in [5, 5.41) is 4.93. The second-order valence-electron chi connectivity index (χ2n) is 4.82. The first-order valence-corrected chi connectivity index (χ1v) is 8.67. The molecule has 0 spiro atoms. The van der Waals surface area contributed by atoms with Crippen LogP contribution in [0.5, 0.6) is 11.5 Å². The molecule has 0 saturated carbocycles. The first-order chi connectivity index (χ1) is 11.3. The van der Waals surface area contributed by atoms with Gasteiger partial charge in [-0.15, -0.1) is 22.7 Å². The molecule has 2 aromatic heterocycles. The number of thiazole rings is 1. The molecule has 23 heavy (non-hydrogen) atoms. The average molecular weight is 341 g/mol. The molecule has 0 amide bonds. The SMILES string of the molecule is O=C(/C=C/c1csc(-c2cccs2)n1)c1ccc2c(c1)OCO2. The molecule has 1 aliphatic rings. The van der Waals surface area contributed by atoms with Gasteiger partial charge in [0, 0.05) is 10.9 Å². The predicted octanol–water partition coefficient (Wildman–Crippen LogP) is 4.50. The van der Waals surface area contributed by atoms with Crippen molar-refractivity contribution in [3.63, 3.8) is 0 Å². The van der Waals surface area contributed by atoms with Gasteiger partial charge < -0.3 is 9.47 Å². The standard InChI is InChI=1S/C17H11NO3S2/c19-13(11-3-6-14-15(8-11)21-10-20-14)5-4-12-9-23-17(18-12)16-2-1-7-22-16/h1-9H,10H2/b5-4+. The number of ether oxygens (including phenoxy) is 2. The monoisotopic (exact) mass is 341 g/mol. The van der Waals surface area contributed by atoms with Crippen LogP contribution in [0.4, 0.5) is 0 Å².